The average molecular weight is 388 g/mol. The van der Waals surface area contributed by atoms with Crippen molar-refractivity contribution in [2.24, 2.45) is 0 Å². The third-order valence-corrected chi connectivity index (χ3v) is 5.33. The van der Waals surface area contributed by atoms with Gasteiger partial charge in [0.2, 0.25) is 0 Å². The van der Waals surface area contributed by atoms with Crippen LogP contribution in [0.25, 0.3) is 11.1 Å². The summed E-state index contributed by atoms with van der Waals surface area (Å²) in [5.74, 6) is -0.993. The van der Waals surface area contributed by atoms with Crippen LogP contribution in [-0.4, -0.2) is 17.4 Å². The highest BCUT2D eigenvalue weighted by molar-refractivity contribution is 5.95. The van der Waals surface area contributed by atoms with E-state index in [0.29, 0.717) is 23.2 Å². The molecule has 0 N–H and O–H groups in total. The third kappa shape index (κ3) is 3.62. The lowest BCUT2D eigenvalue weighted by molar-refractivity contribution is 0.0733. The first kappa shape index (κ1) is 18.8. The fourth-order valence-electron chi connectivity index (χ4n) is 3.84. The molecule has 144 valence electrons. The van der Waals surface area contributed by atoms with E-state index in [2.05, 4.69) is 0 Å². The standard InChI is InChI=1S/C24H18F2N2O/c25-21-12-11-18(14-19(21)15-27)16-7-9-17(10-8-16)24(29)28-13-3-6-23(28)20-4-1-2-5-22(20)26/h1-2,4-5,7-12,14,23H,3,6,13H2/t23-/m1/s1. The van der Waals surface area contributed by atoms with Crippen LogP contribution in [0.1, 0.15) is 40.4 Å². The molecule has 1 aliphatic heterocycles. The van der Waals surface area contributed by atoms with Crippen LogP contribution in [0.4, 0.5) is 8.78 Å². The molecule has 3 aromatic rings. The quantitative estimate of drug-likeness (QED) is 0.596. The number of hydrogen-bond acceptors (Lipinski definition) is 2. The second-order valence-corrected chi connectivity index (χ2v) is 7.06. The first-order chi connectivity index (χ1) is 14.1. The molecule has 29 heavy (non-hydrogen) atoms. The molecule has 0 saturated carbocycles. The summed E-state index contributed by atoms with van der Waals surface area (Å²) < 4.78 is 27.8. The second-order valence-electron chi connectivity index (χ2n) is 7.06. The van der Waals surface area contributed by atoms with Gasteiger partial charge >= 0.3 is 0 Å². The summed E-state index contributed by atoms with van der Waals surface area (Å²) in [7, 11) is 0. The topological polar surface area (TPSA) is 44.1 Å². The van der Waals surface area contributed by atoms with Gasteiger partial charge in [-0.15, -0.1) is 0 Å². The Labute approximate surface area is 167 Å². The number of nitrogens with zero attached hydrogens (tertiary/aromatic N) is 2. The van der Waals surface area contributed by atoms with Crippen molar-refractivity contribution in [2.45, 2.75) is 18.9 Å². The molecule has 1 heterocycles. The predicted molar refractivity (Wildman–Crippen MR) is 106 cm³/mol. The van der Waals surface area contributed by atoms with Crippen molar-refractivity contribution in [3.8, 4) is 17.2 Å². The lowest BCUT2D eigenvalue weighted by Gasteiger charge is -2.25. The molecule has 0 spiro atoms. The molecule has 0 aromatic heterocycles. The summed E-state index contributed by atoms with van der Waals surface area (Å²) in [6, 6.07) is 19.5. The number of halogens is 2. The molecule has 1 fully saturated rings. The van der Waals surface area contributed by atoms with E-state index >= 15 is 0 Å². The van der Waals surface area contributed by atoms with Crippen LogP contribution in [0, 0.1) is 23.0 Å². The monoisotopic (exact) mass is 388 g/mol. The summed E-state index contributed by atoms with van der Waals surface area (Å²) in [4.78, 5) is 14.8. The molecule has 0 aliphatic carbocycles. The maximum Gasteiger partial charge on any atom is 0.254 e. The number of carbonyl (C=O) groups excluding carboxylic acids is 1. The van der Waals surface area contributed by atoms with Crippen LogP contribution in [0.2, 0.25) is 0 Å². The van der Waals surface area contributed by atoms with Gasteiger partial charge < -0.3 is 4.90 Å². The van der Waals surface area contributed by atoms with Gasteiger partial charge in [-0.2, -0.15) is 5.26 Å². The van der Waals surface area contributed by atoms with Crippen molar-refractivity contribution in [3.63, 3.8) is 0 Å². The zero-order chi connectivity index (χ0) is 20.4. The number of hydrogen-bond donors (Lipinski definition) is 0. The van der Waals surface area contributed by atoms with Crippen LogP contribution in [0.5, 0.6) is 0 Å². The zero-order valence-corrected chi connectivity index (χ0v) is 15.6. The van der Waals surface area contributed by atoms with Gasteiger partial charge in [0.1, 0.15) is 17.7 Å². The average Bonchev–Trinajstić information content (AvgIpc) is 3.23. The smallest absolute Gasteiger partial charge is 0.254 e. The van der Waals surface area contributed by atoms with Gasteiger partial charge in [-0.3, -0.25) is 4.79 Å². The summed E-state index contributed by atoms with van der Waals surface area (Å²) in [5, 5.41) is 9.00. The Morgan fingerprint density at radius 3 is 2.41 bits per heavy atom. The fraction of sp³-hybridized carbons (Fsp3) is 0.167. The Hall–Kier alpha value is -3.52. The number of amides is 1. The van der Waals surface area contributed by atoms with Crippen molar-refractivity contribution < 1.29 is 13.6 Å². The van der Waals surface area contributed by atoms with Crippen molar-refractivity contribution in [1.82, 2.24) is 4.90 Å². The van der Waals surface area contributed by atoms with Gasteiger partial charge in [-0.1, -0.05) is 36.4 Å². The van der Waals surface area contributed by atoms with E-state index in [4.69, 9.17) is 5.26 Å². The van der Waals surface area contributed by atoms with E-state index in [-0.39, 0.29) is 23.3 Å². The first-order valence-corrected chi connectivity index (χ1v) is 9.44. The Kier molecular flexibility index (Phi) is 5.09. The third-order valence-electron chi connectivity index (χ3n) is 5.33. The van der Waals surface area contributed by atoms with E-state index in [1.807, 2.05) is 6.07 Å². The highest BCUT2D eigenvalue weighted by atomic mass is 19.1. The molecule has 0 radical (unpaired) electrons. The van der Waals surface area contributed by atoms with Gasteiger partial charge in [0.05, 0.1) is 11.6 Å². The zero-order valence-electron chi connectivity index (χ0n) is 15.6. The molecule has 3 aromatic carbocycles. The lowest BCUT2D eigenvalue weighted by Crippen LogP contribution is -2.31. The normalized spacial score (nSPS) is 15.9. The van der Waals surface area contributed by atoms with Crippen molar-refractivity contribution in [3.05, 3.63) is 95.1 Å². The summed E-state index contributed by atoms with van der Waals surface area (Å²) in [5.41, 5.74) is 2.52. The van der Waals surface area contributed by atoms with E-state index < -0.39 is 5.82 Å². The second kappa shape index (κ2) is 7.84. The Balaban J connectivity index is 1.58. The summed E-state index contributed by atoms with van der Waals surface area (Å²) in [6.07, 6.45) is 1.56. The predicted octanol–water partition coefficient (Wildman–Crippen LogP) is 5.48. The van der Waals surface area contributed by atoms with Gasteiger partial charge in [-0.05, 0) is 54.3 Å². The minimum Gasteiger partial charge on any atom is -0.331 e. The van der Waals surface area contributed by atoms with Gasteiger partial charge in [0.15, 0.2) is 0 Å². The maximum atomic E-state index is 14.2. The maximum absolute atomic E-state index is 14.2. The first-order valence-electron chi connectivity index (χ1n) is 9.44. The van der Waals surface area contributed by atoms with E-state index in [1.54, 1.807) is 53.4 Å². The van der Waals surface area contributed by atoms with E-state index in [1.165, 1.54) is 18.2 Å². The number of benzene rings is 3. The number of likely N-dealkylation sites (tertiary alicyclic amines) is 1. The lowest BCUT2D eigenvalue weighted by atomic mass is 10.0. The van der Waals surface area contributed by atoms with Crippen LogP contribution in [0.3, 0.4) is 0 Å². The highest BCUT2D eigenvalue weighted by Gasteiger charge is 2.32. The molecule has 1 amide bonds. The molecule has 5 heteroatoms. The molecule has 1 saturated heterocycles. The Morgan fingerprint density at radius 1 is 0.966 bits per heavy atom. The van der Waals surface area contributed by atoms with Crippen LogP contribution < -0.4 is 0 Å². The molecular weight excluding hydrogens is 370 g/mol. The number of nitriles is 1. The van der Waals surface area contributed by atoms with Crippen LogP contribution in [0.15, 0.2) is 66.7 Å². The fourth-order valence-corrected chi connectivity index (χ4v) is 3.84. The van der Waals surface area contributed by atoms with E-state index in [0.717, 1.165) is 18.4 Å². The van der Waals surface area contributed by atoms with Crippen molar-refractivity contribution >= 4 is 5.91 Å². The molecule has 0 bridgehead atoms. The molecule has 3 nitrogen and oxygen atoms in total. The molecule has 0 unspecified atom stereocenters. The largest absolute Gasteiger partial charge is 0.331 e. The van der Waals surface area contributed by atoms with Gasteiger partial charge in [-0.25, -0.2) is 8.78 Å². The Bertz CT molecular complexity index is 1100. The molecule has 1 atom stereocenters. The van der Waals surface area contributed by atoms with Crippen LogP contribution in [-0.2, 0) is 0 Å². The molecule has 4 rings (SSSR count). The van der Waals surface area contributed by atoms with Gasteiger partial charge in [0.25, 0.3) is 5.91 Å². The van der Waals surface area contributed by atoms with Crippen LogP contribution >= 0.6 is 0 Å². The van der Waals surface area contributed by atoms with Crippen molar-refractivity contribution in [2.75, 3.05) is 6.54 Å². The number of rotatable bonds is 3. The van der Waals surface area contributed by atoms with E-state index in [9.17, 15) is 13.6 Å². The van der Waals surface area contributed by atoms with Gasteiger partial charge in [0, 0.05) is 17.7 Å². The van der Waals surface area contributed by atoms with Crippen molar-refractivity contribution in [1.29, 1.82) is 5.26 Å². The highest BCUT2D eigenvalue weighted by Crippen LogP contribution is 2.34. The molecular formula is C24H18F2N2O. The number of carbonyl (C=O) groups is 1. The summed E-state index contributed by atoms with van der Waals surface area (Å²) in [6.45, 7) is 0.586. The summed E-state index contributed by atoms with van der Waals surface area (Å²) >= 11 is 0. The SMILES string of the molecule is N#Cc1cc(-c2ccc(C(=O)N3CCC[C@@H]3c3ccccc3F)cc2)ccc1F. The molecule has 1 aliphatic rings. The minimum atomic E-state index is -0.559. The minimum absolute atomic E-state index is 0.0209. The Morgan fingerprint density at radius 2 is 1.69 bits per heavy atom.